The van der Waals surface area contributed by atoms with Crippen LogP contribution >= 0.6 is 0 Å². The molecule has 1 unspecified atom stereocenters. The smallest absolute Gasteiger partial charge is 0.303 e. The van der Waals surface area contributed by atoms with Crippen LogP contribution in [0.25, 0.3) is 16.7 Å². The number of likely N-dealkylation sites (tertiary alicyclic amines) is 1. The maximum absolute atomic E-state index is 14.3. The normalized spacial score (nSPS) is 20.5. The monoisotopic (exact) mass is 498 g/mol. The van der Waals surface area contributed by atoms with E-state index in [4.69, 9.17) is 5.10 Å². The first-order chi connectivity index (χ1) is 17.0. The number of amides is 1. The maximum atomic E-state index is 14.3. The summed E-state index contributed by atoms with van der Waals surface area (Å²) >= 11 is 0. The fourth-order valence-electron chi connectivity index (χ4n) is 5.28. The Hall–Kier alpha value is -3.21. The summed E-state index contributed by atoms with van der Waals surface area (Å²) in [6.45, 7) is 12.0. The number of halogens is 2. The molecule has 2 fully saturated rings. The summed E-state index contributed by atoms with van der Waals surface area (Å²) in [4.78, 5) is 29.2. The number of carbonyl (C=O) groups is 1. The molecular weight excluding hydrogens is 466 g/mol. The summed E-state index contributed by atoms with van der Waals surface area (Å²) in [5.74, 6) is -2.73. The van der Waals surface area contributed by atoms with E-state index in [2.05, 4.69) is 37.0 Å². The molecule has 5 rings (SSSR count). The first-order valence-electron chi connectivity index (χ1n) is 12.4. The number of rotatable bonds is 6. The van der Waals surface area contributed by atoms with Gasteiger partial charge in [-0.2, -0.15) is 8.78 Å². The van der Waals surface area contributed by atoms with Crippen molar-refractivity contribution in [2.24, 2.45) is 0 Å². The lowest BCUT2D eigenvalue weighted by atomic mass is 9.84. The second-order valence-electron chi connectivity index (χ2n) is 10.2. The molecule has 192 valence electrons. The van der Waals surface area contributed by atoms with Gasteiger partial charge < -0.3 is 10.2 Å². The molecular formula is C25H32F2N8O. The zero-order valence-electron chi connectivity index (χ0n) is 21.3. The summed E-state index contributed by atoms with van der Waals surface area (Å²) in [5.41, 5.74) is 1.29. The van der Waals surface area contributed by atoms with Crippen LogP contribution in [0.2, 0.25) is 0 Å². The van der Waals surface area contributed by atoms with Gasteiger partial charge >= 0.3 is 5.92 Å². The minimum Gasteiger partial charge on any atom is -0.353 e. The van der Waals surface area contributed by atoms with E-state index in [1.807, 2.05) is 13.8 Å². The van der Waals surface area contributed by atoms with E-state index < -0.39 is 11.7 Å². The predicted molar refractivity (Wildman–Crippen MR) is 134 cm³/mol. The van der Waals surface area contributed by atoms with Gasteiger partial charge in [0.05, 0.1) is 10.9 Å². The number of nitrogens with zero attached hydrogens (tertiary/aromatic N) is 7. The van der Waals surface area contributed by atoms with Gasteiger partial charge in [-0.1, -0.05) is 20.8 Å². The van der Waals surface area contributed by atoms with Crippen molar-refractivity contribution in [3.8, 4) is 5.82 Å². The third kappa shape index (κ3) is 4.19. The average Bonchev–Trinajstić information content (AvgIpc) is 3.41. The number of hydrogen-bond acceptors (Lipinski definition) is 7. The van der Waals surface area contributed by atoms with Crippen LogP contribution in [-0.4, -0.2) is 67.3 Å². The molecule has 11 heteroatoms. The highest BCUT2D eigenvalue weighted by Crippen LogP contribution is 2.42. The largest absolute Gasteiger partial charge is 0.353 e. The summed E-state index contributed by atoms with van der Waals surface area (Å²) in [5, 5.41) is 8.37. The number of fused-ring (bicyclic) bond motifs is 1. The zero-order valence-corrected chi connectivity index (χ0v) is 21.3. The Morgan fingerprint density at radius 3 is 2.58 bits per heavy atom. The van der Waals surface area contributed by atoms with Gasteiger partial charge in [-0.3, -0.25) is 9.69 Å². The first kappa shape index (κ1) is 24.5. The van der Waals surface area contributed by atoms with E-state index in [0.717, 1.165) is 57.1 Å². The van der Waals surface area contributed by atoms with Crippen molar-refractivity contribution >= 4 is 28.4 Å². The molecule has 2 aliphatic heterocycles. The van der Waals surface area contributed by atoms with Crippen LogP contribution in [0.4, 0.5) is 20.4 Å². The molecule has 3 aromatic heterocycles. The van der Waals surface area contributed by atoms with E-state index in [1.54, 1.807) is 23.0 Å². The number of nitrogens with one attached hydrogen (secondary N) is 1. The van der Waals surface area contributed by atoms with Gasteiger partial charge in [-0.15, -0.1) is 5.10 Å². The second kappa shape index (κ2) is 8.72. The highest BCUT2D eigenvalue weighted by Gasteiger charge is 2.49. The Balaban J connectivity index is 1.66. The van der Waals surface area contributed by atoms with Gasteiger partial charge in [0.15, 0.2) is 11.6 Å². The Bertz CT molecular complexity index is 1320. The molecule has 1 atom stereocenters. The van der Waals surface area contributed by atoms with Crippen molar-refractivity contribution in [2.75, 3.05) is 36.4 Å². The number of alkyl halides is 2. The molecule has 1 amide bonds. The fraction of sp³-hybridized carbons (Fsp3) is 0.560. The number of pyridine rings is 1. The molecule has 0 bridgehead atoms. The van der Waals surface area contributed by atoms with Gasteiger partial charge in [0.25, 0.3) is 0 Å². The van der Waals surface area contributed by atoms with Crippen LogP contribution in [0.15, 0.2) is 18.3 Å². The molecule has 1 N–H and O–H groups in total. The molecule has 0 aliphatic carbocycles. The van der Waals surface area contributed by atoms with E-state index in [-0.39, 0.29) is 23.2 Å². The van der Waals surface area contributed by atoms with Crippen molar-refractivity contribution in [2.45, 2.75) is 64.8 Å². The molecule has 36 heavy (non-hydrogen) atoms. The SMILES string of the molecule is CCN1CCC12CCN(c1nn(-c3cc(C(C)C)nc(C(C)(F)F)n3)c3cc(NC(C)=O)ncc13)C2. The second-order valence-corrected chi connectivity index (χ2v) is 10.2. The summed E-state index contributed by atoms with van der Waals surface area (Å²) in [7, 11) is 0. The molecule has 5 heterocycles. The van der Waals surface area contributed by atoms with E-state index in [0.29, 0.717) is 17.0 Å². The Kier molecular flexibility index (Phi) is 5.93. The molecule has 0 saturated carbocycles. The van der Waals surface area contributed by atoms with E-state index >= 15 is 0 Å². The number of anilines is 2. The van der Waals surface area contributed by atoms with Crippen molar-refractivity contribution in [3.05, 3.63) is 29.8 Å². The number of carbonyl (C=O) groups excluding carboxylic acids is 1. The van der Waals surface area contributed by atoms with E-state index in [9.17, 15) is 13.6 Å². The lowest BCUT2D eigenvalue weighted by molar-refractivity contribution is -0.114. The van der Waals surface area contributed by atoms with Gasteiger partial charge in [-0.05, 0) is 25.3 Å². The minimum atomic E-state index is -3.20. The van der Waals surface area contributed by atoms with Crippen LogP contribution in [0, 0.1) is 0 Å². The first-order valence-corrected chi connectivity index (χ1v) is 12.4. The van der Waals surface area contributed by atoms with Crippen molar-refractivity contribution in [1.29, 1.82) is 0 Å². The quantitative estimate of drug-likeness (QED) is 0.548. The highest BCUT2D eigenvalue weighted by molar-refractivity contribution is 5.95. The molecule has 9 nitrogen and oxygen atoms in total. The molecule has 2 aliphatic rings. The lowest BCUT2D eigenvalue weighted by Crippen LogP contribution is -2.61. The fourth-order valence-corrected chi connectivity index (χ4v) is 5.28. The lowest BCUT2D eigenvalue weighted by Gasteiger charge is -2.50. The summed E-state index contributed by atoms with van der Waals surface area (Å²) in [6, 6.07) is 3.41. The summed E-state index contributed by atoms with van der Waals surface area (Å²) in [6.07, 6.45) is 3.88. The maximum Gasteiger partial charge on any atom is 0.303 e. The van der Waals surface area contributed by atoms with E-state index in [1.165, 1.54) is 6.92 Å². The van der Waals surface area contributed by atoms with Crippen molar-refractivity contribution < 1.29 is 13.6 Å². The average molecular weight is 499 g/mol. The Morgan fingerprint density at radius 2 is 1.97 bits per heavy atom. The minimum absolute atomic E-state index is 0.0807. The number of aromatic nitrogens is 5. The number of hydrogen-bond donors (Lipinski definition) is 1. The Labute approximate surface area is 208 Å². The van der Waals surface area contributed by atoms with Gasteiger partial charge in [-0.25, -0.2) is 19.6 Å². The standard InChI is InChI=1S/C25H32F2N8O/c1-6-34-10-8-25(34)7-9-33(14-25)22-17-13-28-20(29-16(4)36)12-19(17)35(32-22)21-11-18(15(2)3)30-23(31-21)24(5,26)27/h11-13,15H,6-10,14H2,1-5H3,(H,28,29,36). The summed E-state index contributed by atoms with van der Waals surface area (Å²) < 4.78 is 30.3. The van der Waals surface area contributed by atoms with Crippen molar-refractivity contribution in [1.82, 2.24) is 29.6 Å². The van der Waals surface area contributed by atoms with Crippen LogP contribution < -0.4 is 10.2 Å². The third-order valence-corrected chi connectivity index (χ3v) is 7.32. The van der Waals surface area contributed by atoms with Gasteiger partial charge in [0.1, 0.15) is 5.82 Å². The highest BCUT2D eigenvalue weighted by atomic mass is 19.3. The topological polar surface area (TPSA) is 92.1 Å². The molecule has 3 aromatic rings. The Morgan fingerprint density at radius 1 is 1.22 bits per heavy atom. The zero-order chi connectivity index (χ0) is 25.8. The van der Waals surface area contributed by atoms with Gasteiger partial charge in [0, 0.05) is 63.0 Å². The number of likely N-dealkylation sites (N-methyl/N-ethyl adjacent to an activating group) is 1. The molecule has 1 spiro atoms. The molecule has 2 saturated heterocycles. The predicted octanol–water partition coefficient (Wildman–Crippen LogP) is 4.08. The van der Waals surface area contributed by atoms with Gasteiger partial charge in [0.2, 0.25) is 11.7 Å². The molecule has 0 radical (unpaired) electrons. The van der Waals surface area contributed by atoms with Crippen LogP contribution in [0.1, 0.15) is 64.9 Å². The van der Waals surface area contributed by atoms with Crippen LogP contribution in [0.5, 0.6) is 0 Å². The van der Waals surface area contributed by atoms with Crippen molar-refractivity contribution in [3.63, 3.8) is 0 Å². The van der Waals surface area contributed by atoms with Crippen LogP contribution in [-0.2, 0) is 10.7 Å². The molecule has 0 aromatic carbocycles. The van der Waals surface area contributed by atoms with Crippen LogP contribution in [0.3, 0.4) is 0 Å². The third-order valence-electron chi connectivity index (χ3n) is 7.32.